The number of carbonyl (C=O) groups is 5. The third-order valence-electron chi connectivity index (χ3n) is 8.64. The zero-order chi connectivity index (χ0) is 29.9. The first-order valence-electron chi connectivity index (χ1n) is 13.1. The monoisotopic (exact) mass is 564 g/mol. The molecule has 0 radical (unpaired) electrons. The molecule has 4 aliphatic rings. The number of esters is 5. The van der Waals surface area contributed by atoms with Crippen LogP contribution in [0.2, 0.25) is 0 Å². The van der Waals surface area contributed by atoms with E-state index in [1.165, 1.54) is 26.8 Å². The summed E-state index contributed by atoms with van der Waals surface area (Å²) in [5.74, 6) is -4.42. The van der Waals surface area contributed by atoms with Gasteiger partial charge < -0.3 is 33.5 Å². The van der Waals surface area contributed by atoms with E-state index in [0.29, 0.717) is 5.57 Å². The molecule has 2 aliphatic carbocycles. The molecule has 12 heteroatoms. The minimum absolute atomic E-state index is 0.173. The summed E-state index contributed by atoms with van der Waals surface area (Å²) in [6.07, 6.45) is -4.34. The van der Waals surface area contributed by atoms with Crippen LogP contribution in [0.15, 0.2) is 23.3 Å². The standard InChI is InChI=1S/C28H36O12/c1-12-9-10-18(35-14(3)29)26(7)20(12)23(37-16(5)31)28-19(39-25(34)27(28,8)40-28)11-13(2)22(36-15(4)30)21(33)24(26)38-17(6)32/h9,11,18-24,33H,10H2,1-8H3/b13-11-/t18-,19-,20+,21+,22-,23-,24-,26-,27-,28-/m0/s1. The third-order valence-corrected chi connectivity index (χ3v) is 8.64. The summed E-state index contributed by atoms with van der Waals surface area (Å²) in [6.45, 7) is 11.2. The molecule has 0 aromatic rings. The quantitative estimate of drug-likeness (QED) is 0.227. The van der Waals surface area contributed by atoms with Crippen LogP contribution in [-0.2, 0) is 52.4 Å². The lowest BCUT2D eigenvalue weighted by Crippen LogP contribution is -2.65. The van der Waals surface area contributed by atoms with Gasteiger partial charge in [-0.25, -0.2) is 4.79 Å². The van der Waals surface area contributed by atoms with E-state index < -0.39 is 89.0 Å². The molecule has 4 rings (SSSR count). The van der Waals surface area contributed by atoms with Gasteiger partial charge in [-0.1, -0.05) is 18.6 Å². The SMILES string of the molecule is CC(=O)O[C@H]1CC=C(C)[C@@H]2[C@H](OC(C)=O)[C@]34O[C@@]3(C)C(=O)O[C@H]4/C=C(/C)[C@H](OC(C)=O)[C@@H](O)[C@H](OC(C)=O)[C@@]12C. The van der Waals surface area contributed by atoms with Gasteiger partial charge in [0, 0.05) is 40.0 Å². The minimum atomic E-state index is -1.67. The van der Waals surface area contributed by atoms with E-state index in [2.05, 4.69) is 0 Å². The molecule has 0 aromatic carbocycles. The number of rotatable bonds is 4. The molecule has 0 unspecified atom stereocenters. The number of hydrogen-bond donors (Lipinski definition) is 1. The Morgan fingerprint density at radius 2 is 1.43 bits per heavy atom. The van der Waals surface area contributed by atoms with E-state index in [-0.39, 0.29) is 12.0 Å². The molecule has 2 aliphatic heterocycles. The fourth-order valence-corrected chi connectivity index (χ4v) is 6.90. The van der Waals surface area contributed by atoms with Crippen LogP contribution in [0.4, 0.5) is 0 Å². The Labute approximate surface area is 231 Å². The molecule has 1 spiro atoms. The fourth-order valence-electron chi connectivity index (χ4n) is 6.90. The highest BCUT2D eigenvalue weighted by molar-refractivity contribution is 5.89. The summed E-state index contributed by atoms with van der Waals surface area (Å²) in [5, 5.41) is 11.8. The van der Waals surface area contributed by atoms with E-state index in [4.69, 9.17) is 28.4 Å². The van der Waals surface area contributed by atoms with Crippen molar-refractivity contribution in [3.8, 4) is 0 Å². The molecular formula is C28H36O12. The molecule has 1 N–H and O–H groups in total. The van der Waals surface area contributed by atoms with E-state index >= 15 is 0 Å². The smallest absolute Gasteiger partial charge is 0.342 e. The van der Waals surface area contributed by atoms with Gasteiger partial charge in [-0.05, 0) is 32.4 Å². The maximum atomic E-state index is 13.1. The molecule has 12 nitrogen and oxygen atoms in total. The van der Waals surface area contributed by atoms with Crippen molar-refractivity contribution in [1.82, 2.24) is 0 Å². The molecule has 2 fully saturated rings. The Bertz CT molecular complexity index is 1200. The average molecular weight is 565 g/mol. The topological polar surface area (TPSA) is 164 Å². The summed E-state index contributed by atoms with van der Waals surface area (Å²) < 4.78 is 34.9. The summed E-state index contributed by atoms with van der Waals surface area (Å²) in [4.78, 5) is 62.7. The normalized spacial score (nSPS) is 43.2. The zero-order valence-corrected chi connectivity index (χ0v) is 23.8. The fraction of sp³-hybridized carbons (Fsp3) is 0.679. The van der Waals surface area contributed by atoms with Crippen LogP contribution in [0.5, 0.6) is 0 Å². The van der Waals surface area contributed by atoms with Gasteiger partial charge in [0.05, 0.1) is 5.41 Å². The van der Waals surface area contributed by atoms with Crippen LogP contribution in [0.1, 0.15) is 61.8 Å². The minimum Gasteiger partial charge on any atom is -0.461 e. The van der Waals surface area contributed by atoms with E-state index in [1.54, 1.807) is 26.8 Å². The second kappa shape index (κ2) is 9.99. The number of epoxide rings is 1. The molecule has 220 valence electrons. The van der Waals surface area contributed by atoms with Crippen molar-refractivity contribution in [3.05, 3.63) is 23.3 Å². The second-order valence-electron chi connectivity index (χ2n) is 11.4. The first-order chi connectivity index (χ1) is 18.5. The molecule has 0 amide bonds. The number of aliphatic hydroxyl groups excluding tert-OH is 1. The van der Waals surface area contributed by atoms with Crippen molar-refractivity contribution < 1.29 is 57.5 Å². The van der Waals surface area contributed by atoms with Crippen molar-refractivity contribution in [2.75, 3.05) is 0 Å². The average Bonchev–Trinajstić information content (AvgIpc) is 3.42. The van der Waals surface area contributed by atoms with Gasteiger partial charge in [0.25, 0.3) is 0 Å². The number of ether oxygens (including phenoxy) is 6. The molecule has 0 saturated carbocycles. The molecule has 2 saturated heterocycles. The Balaban J connectivity index is 2.08. The Morgan fingerprint density at radius 1 is 0.875 bits per heavy atom. The van der Waals surface area contributed by atoms with Gasteiger partial charge in [0.1, 0.15) is 24.4 Å². The number of fused-ring (bicyclic) bond motifs is 1. The van der Waals surface area contributed by atoms with E-state index in [0.717, 1.165) is 13.8 Å². The van der Waals surface area contributed by atoms with Crippen LogP contribution in [0.25, 0.3) is 0 Å². The van der Waals surface area contributed by atoms with Crippen LogP contribution in [-0.4, -0.2) is 82.8 Å². The van der Waals surface area contributed by atoms with Gasteiger partial charge in [0.15, 0.2) is 23.4 Å². The van der Waals surface area contributed by atoms with Crippen molar-refractivity contribution in [1.29, 1.82) is 0 Å². The summed E-state index contributed by atoms with van der Waals surface area (Å²) in [5.41, 5.74) is -3.61. The van der Waals surface area contributed by atoms with Crippen molar-refractivity contribution in [3.63, 3.8) is 0 Å². The van der Waals surface area contributed by atoms with Crippen LogP contribution in [0.3, 0.4) is 0 Å². The summed E-state index contributed by atoms with van der Waals surface area (Å²) in [6, 6.07) is 0. The van der Waals surface area contributed by atoms with Crippen LogP contribution in [0, 0.1) is 11.3 Å². The highest BCUT2D eigenvalue weighted by Gasteiger charge is 2.87. The molecule has 40 heavy (non-hydrogen) atoms. The van der Waals surface area contributed by atoms with Gasteiger partial charge in [-0.2, -0.15) is 0 Å². The van der Waals surface area contributed by atoms with Gasteiger partial charge in [-0.3, -0.25) is 19.2 Å². The highest BCUT2D eigenvalue weighted by atomic mass is 16.7. The summed E-state index contributed by atoms with van der Waals surface area (Å²) in [7, 11) is 0. The molecule has 2 heterocycles. The lowest BCUT2D eigenvalue weighted by atomic mass is 9.56. The van der Waals surface area contributed by atoms with Gasteiger partial charge in [0.2, 0.25) is 0 Å². The molecular weight excluding hydrogens is 528 g/mol. The third kappa shape index (κ3) is 4.41. The predicted octanol–water partition coefficient (Wildman–Crippen LogP) is 1.46. The maximum absolute atomic E-state index is 13.1. The van der Waals surface area contributed by atoms with E-state index in [9.17, 15) is 29.1 Å². The Morgan fingerprint density at radius 3 is 1.95 bits per heavy atom. The Kier molecular flexibility index (Phi) is 7.42. The van der Waals surface area contributed by atoms with Crippen LogP contribution < -0.4 is 0 Å². The van der Waals surface area contributed by atoms with E-state index in [1.807, 2.05) is 0 Å². The molecule has 0 aromatic heterocycles. The maximum Gasteiger partial charge on any atom is 0.342 e. The van der Waals surface area contributed by atoms with Gasteiger partial charge in [-0.15, -0.1) is 0 Å². The Hall–Kier alpha value is -3.25. The molecule has 10 atom stereocenters. The largest absolute Gasteiger partial charge is 0.461 e. The zero-order valence-electron chi connectivity index (χ0n) is 23.8. The molecule has 0 bridgehead atoms. The van der Waals surface area contributed by atoms with Gasteiger partial charge >= 0.3 is 29.8 Å². The number of hydrogen-bond acceptors (Lipinski definition) is 12. The predicted molar refractivity (Wildman–Crippen MR) is 134 cm³/mol. The number of aliphatic hydroxyl groups is 1. The summed E-state index contributed by atoms with van der Waals surface area (Å²) >= 11 is 0. The lowest BCUT2D eigenvalue weighted by molar-refractivity contribution is -0.217. The first-order valence-corrected chi connectivity index (χ1v) is 13.1. The van der Waals surface area contributed by atoms with Crippen molar-refractivity contribution >= 4 is 29.8 Å². The van der Waals surface area contributed by atoms with Crippen molar-refractivity contribution in [2.45, 2.75) is 110 Å². The highest BCUT2D eigenvalue weighted by Crippen LogP contribution is 2.65. The first kappa shape index (κ1) is 29.7. The number of carbonyl (C=O) groups excluding carboxylic acids is 5. The lowest BCUT2D eigenvalue weighted by Gasteiger charge is -2.54. The van der Waals surface area contributed by atoms with Crippen LogP contribution >= 0.6 is 0 Å². The van der Waals surface area contributed by atoms with Crippen molar-refractivity contribution in [2.24, 2.45) is 11.3 Å². The second-order valence-corrected chi connectivity index (χ2v) is 11.4.